The zero-order chi connectivity index (χ0) is 11.8. The summed E-state index contributed by atoms with van der Waals surface area (Å²) in [7, 11) is 0. The molecule has 0 atom stereocenters. The van der Waals surface area contributed by atoms with Gasteiger partial charge in [0.25, 0.3) is 0 Å². The number of nitrogens with zero attached hydrogens (tertiary/aromatic N) is 2. The van der Waals surface area contributed by atoms with Crippen molar-refractivity contribution in [2.75, 3.05) is 0 Å². The molecule has 3 aromatic rings. The summed E-state index contributed by atoms with van der Waals surface area (Å²) in [4.78, 5) is 0. The van der Waals surface area contributed by atoms with Crippen LogP contribution in [0.5, 0.6) is 5.75 Å². The summed E-state index contributed by atoms with van der Waals surface area (Å²) in [6.07, 6.45) is 1.77. The highest BCUT2D eigenvalue weighted by molar-refractivity contribution is 6.31. The first-order chi connectivity index (χ1) is 8.24. The maximum atomic E-state index is 9.26. The Kier molecular flexibility index (Phi) is 2.27. The topological polar surface area (TPSA) is 38.0 Å². The number of benzene rings is 2. The minimum atomic E-state index is 0.244. The lowest BCUT2D eigenvalue weighted by atomic mass is 10.2. The van der Waals surface area contributed by atoms with Crippen molar-refractivity contribution in [1.82, 2.24) is 9.78 Å². The summed E-state index contributed by atoms with van der Waals surface area (Å²) in [5, 5.41) is 15.3. The predicted molar refractivity (Wildman–Crippen MR) is 67.7 cm³/mol. The third-order valence-corrected chi connectivity index (χ3v) is 2.86. The Morgan fingerprint density at radius 2 is 1.82 bits per heavy atom. The van der Waals surface area contributed by atoms with Crippen molar-refractivity contribution in [3.05, 3.63) is 53.7 Å². The van der Waals surface area contributed by atoms with Gasteiger partial charge in [-0.3, -0.25) is 0 Å². The minimum absolute atomic E-state index is 0.244. The van der Waals surface area contributed by atoms with E-state index in [-0.39, 0.29) is 5.75 Å². The van der Waals surface area contributed by atoms with Crippen LogP contribution in [0, 0.1) is 0 Å². The SMILES string of the molecule is Oc1ccc(-n2ncc3cc(Cl)ccc32)cc1. The second-order valence-corrected chi connectivity index (χ2v) is 4.21. The van der Waals surface area contributed by atoms with Gasteiger partial charge in [0.15, 0.2) is 0 Å². The van der Waals surface area contributed by atoms with Gasteiger partial charge in [0.2, 0.25) is 0 Å². The molecule has 0 aliphatic heterocycles. The minimum Gasteiger partial charge on any atom is -0.508 e. The second-order valence-electron chi connectivity index (χ2n) is 3.78. The molecule has 3 nitrogen and oxygen atoms in total. The summed E-state index contributed by atoms with van der Waals surface area (Å²) in [6.45, 7) is 0. The van der Waals surface area contributed by atoms with Gasteiger partial charge in [-0.15, -0.1) is 0 Å². The lowest BCUT2D eigenvalue weighted by Gasteiger charge is -2.03. The van der Waals surface area contributed by atoms with E-state index in [0.29, 0.717) is 5.02 Å². The molecule has 1 heterocycles. The smallest absolute Gasteiger partial charge is 0.115 e. The summed E-state index contributed by atoms with van der Waals surface area (Å²) in [5.74, 6) is 0.244. The van der Waals surface area contributed by atoms with E-state index < -0.39 is 0 Å². The van der Waals surface area contributed by atoms with Gasteiger partial charge in [0, 0.05) is 10.4 Å². The molecule has 0 unspecified atom stereocenters. The number of phenolic OH excluding ortho intramolecular Hbond substituents is 1. The maximum absolute atomic E-state index is 9.26. The van der Waals surface area contributed by atoms with Crippen LogP contribution >= 0.6 is 11.6 Å². The Balaban J connectivity index is 2.21. The van der Waals surface area contributed by atoms with Crippen molar-refractivity contribution in [3.63, 3.8) is 0 Å². The van der Waals surface area contributed by atoms with E-state index in [0.717, 1.165) is 16.6 Å². The molecule has 0 spiro atoms. The number of aromatic hydroxyl groups is 1. The molecule has 1 aromatic heterocycles. The zero-order valence-electron chi connectivity index (χ0n) is 8.84. The standard InChI is InChI=1S/C13H9ClN2O/c14-10-1-6-13-9(7-10)8-15-16(13)11-2-4-12(17)5-3-11/h1-8,17H. The first-order valence-electron chi connectivity index (χ1n) is 5.17. The van der Waals surface area contributed by atoms with Crippen LogP contribution in [0.3, 0.4) is 0 Å². The van der Waals surface area contributed by atoms with Crippen molar-refractivity contribution < 1.29 is 5.11 Å². The van der Waals surface area contributed by atoms with Gasteiger partial charge in [-0.25, -0.2) is 4.68 Å². The molecule has 0 saturated heterocycles. The zero-order valence-corrected chi connectivity index (χ0v) is 9.59. The van der Waals surface area contributed by atoms with E-state index >= 15 is 0 Å². The third kappa shape index (κ3) is 1.74. The van der Waals surface area contributed by atoms with Crippen molar-refractivity contribution >= 4 is 22.5 Å². The van der Waals surface area contributed by atoms with Gasteiger partial charge in [-0.05, 0) is 42.5 Å². The fourth-order valence-electron chi connectivity index (χ4n) is 1.80. The van der Waals surface area contributed by atoms with Crippen LogP contribution < -0.4 is 0 Å². The van der Waals surface area contributed by atoms with Gasteiger partial charge in [0.05, 0.1) is 17.4 Å². The summed E-state index contributed by atoms with van der Waals surface area (Å²) >= 11 is 5.92. The first-order valence-corrected chi connectivity index (χ1v) is 5.54. The molecule has 0 radical (unpaired) electrons. The van der Waals surface area contributed by atoms with Crippen LogP contribution in [-0.2, 0) is 0 Å². The number of halogens is 1. The predicted octanol–water partition coefficient (Wildman–Crippen LogP) is 3.38. The molecule has 84 valence electrons. The van der Waals surface area contributed by atoms with Crippen LogP contribution in [0.4, 0.5) is 0 Å². The molecular weight excluding hydrogens is 236 g/mol. The highest BCUT2D eigenvalue weighted by Gasteiger charge is 2.04. The Hall–Kier alpha value is -2.00. The van der Waals surface area contributed by atoms with E-state index in [4.69, 9.17) is 11.6 Å². The summed E-state index contributed by atoms with van der Waals surface area (Å²) in [6, 6.07) is 12.5. The number of aromatic nitrogens is 2. The number of fused-ring (bicyclic) bond motifs is 1. The summed E-state index contributed by atoms with van der Waals surface area (Å²) in [5.41, 5.74) is 1.89. The molecule has 0 fully saturated rings. The van der Waals surface area contributed by atoms with Gasteiger partial charge in [-0.2, -0.15) is 5.10 Å². The number of rotatable bonds is 1. The highest BCUT2D eigenvalue weighted by Crippen LogP contribution is 2.22. The Labute approximate surface area is 103 Å². The molecular formula is C13H9ClN2O. The van der Waals surface area contributed by atoms with Gasteiger partial charge in [-0.1, -0.05) is 11.6 Å². The van der Waals surface area contributed by atoms with Gasteiger partial charge in [0.1, 0.15) is 5.75 Å². The maximum Gasteiger partial charge on any atom is 0.115 e. The van der Waals surface area contributed by atoms with Crippen molar-refractivity contribution in [3.8, 4) is 11.4 Å². The quantitative estimate of drug-likeness (QED) is 0.713. The van der Waals surface area contributed by atoms with Crippen LogP contribution in [0.1, 0.15) is 0 Å². The van der Waals surface area contributed by atoms with Crippen LogP contribution in [0.15, 0.2) is 48.7 Å². The van der Waals surface area contributed by atoms with Crippen LogP contribution in [0.25, 0.3) is 16.6 Å². The van der Waals surface area contributed by atoms with Crippen molar-refractivity contribution in [1.29, 1.82) is 0 Å². The molecule has 4 heteroatoms. The molecule has 0 saturated carbocycles. The van der Waals surface area contributed by atoms with Crippen LogP contribution in [-0.4, -0.2) is 14.9 Å². The molecule has 17 heavy (non-hydrogen) atoms. The average molecular weight is 245 g/mol. The average Bonchev–Trinajstić information content (AvgIpc) is 2.73. The second kappa shape index (κ2) is 3.79. The molecule has 0 bridgehead atoms. The number of hydrogen-bond acceptors (Lipinski definition) is 2. The van der Waals surface area contributed by atoms with E-state index in [2.05, 4.69) is 5.10 Å². The Bertz CT molecular complexity index is 673. The third-order valence-electron chi connectivity index (χ3n) is 2.62. The molecule has 0 aliphatic carbocycles. The number of hydrogen-bond donors (Lipinski definition) is 1. The molecule has 3 rings (SSSR count). The van der Waals surface area contributed by atoms with E-state index in [9.17, 15) is 5.11 Å². The fourth-order valence-corrected chi connectivity index (χ4v) is 1.98. The molecule has 2 aromatic carbocycles. The molecule has 0 amide bonds. The van der Waals surface area contributed by atoms with Gasteiger partial charge >= 0.3 is 0 Å². The fraction of sp³-hybridized carbons (Fsp3) is 0. The summed E-state index contributed by atoms with van der Waals surface area (Å²) < 4.78 is 1.81. The number of phenols is 1. The Morgan fingerprint density at radius 1 is 1.06 bits per heavy atom. The molecule has 1 N–H and O–H groups in total. The monoisotopic (exact) mass is 244 g/mol. The van der Waals surface area contributed by atoms with E-state index in [1.54, 1.807) is 18.3 Å². The van der Waals surface area contributed by atoms with Gasteiger partial charge < -0.3 is 5.11 Å². The van der Waals surface area contributed by atoms with E-state index in [1.165, 1.54) is 0 Å². The van der Waals surface area contributed by atoms with Crippen LogP contribution in [0.2, 0.25) is 5.02 Å². The Morgan fingerprint density at radius 3 is 2.59 bits per heavy atom. The molecule has 0 aliphatic rings. The van der Waals surface area contributed by atoms with E-state index in [1.807, 2.05) is 35.0 Å². The largest absolute Gasteiger partial charge is 0.508 e. The lowest BCUT2D eigenvalue weighted by Crippen LogP contribution is -1.94. The van der Waals surface area contributed by atoms with Crippen molar-refractivity contribution in [2.45, 2.75) is 0 Å². The normalized spacial score (nSPS) is 10.9. The van der Waals surface area contributed by atoms with Crippen molar-refractivity contribution in [2.24, 2.45) is 0 Å². The highest BCUT2D eigenvalue weighted by atomic mass is 35.5. The lowest BCUT2D eigenvalue weighted by molar-refractivity contribution is 0.475. The first kappa shape index (κ1) is 10.2.